The Morgan fingerprint density at radius 3 is 2.61 bits per heavy atom. The van der Waals surface area contributed by atoms with Crippen LogP contribution in [-0.2, 0) is 6.42 Å². The van der Waals surface area contributed by atoms with Crippen molar-refractivity contribution < 1.29 is 4.79 Å². The Balaban J connectivity index is 2.21. The van der Waals surface area contributed by atoms with Crippen molar-refractivity contribution in [2.75, 3.05) is 5.32 Å². The zero-order chi connectivity index (χ0) is 13.3. The van der Waals surface area contributed by atoms with Crippen LogP contribution in [0.25, 0.3) is 0 Å². The van der Waals surface area contributed by atoms with E-state index in [-0.39, 0.29) is 5.91 Å². The number of carbonyl (C=O) groups excluding carboxylic acids is 1. The second-order valence-electron chi connectivity index (χ2n) is 4.14. The van der Waals surface area contributed by atoms with E-state index < -0.39 is 0 Å². The Bertz CT molecular complexity index is 565. The maximum absolute atomic E-state index is 12.1. The van der Waals surface area contributed by atoms with Crippen LogP contribution in [0.5, 0.6) is 0 Å². The molecule has 2 aromatic heterocycles. The van der Waals surface area contributed by atoms with Crippen LogP contribution in [0.4, 0.5) is 5.13 Å². The normalized spacial score (nSPS) is 10.7. The van der Waals surface area contributed by atoms with E-state index in [1.54, 1.807) is 0 Å². The number of nitrogens with one attached hydrogen (secondary N) is 2. The molecule has 2 heterocycles. The lowest BCUT2D eigenvalue weighted by atomic mass is 10.2. The van der Waals surface area contributed by atoms with Gasteiger partial charge in [0.2, 0.25) is 0 Å². The molecule has 0 saturated carbocycles. The number of thiazole rings is 1. The number of rotatable bonds is 3. The first-order valence-electron chi connectivity index (χ1n) is 5.82. The molecule has 2 aromatic rings. The molecule has 0 saturated heterocycles. The predicted octanol–water partition coefficient (Wildman–Crippen LogP) is 2.61. The number of anilines is 1. The van der Waals surface area contributed by atoms with Gasteiger partial charge in [-0.25, -0.2) is 4.98 Å². The minimum atomic E-state index is -0.157. The van der Waals surface area contributed by atoms with Crippen LogP contribution in [0, 0.1) is 20.8 Å². The average molecular weight is 264 g/mol. The fourth-order valence-corrected chi connectivity index (χ4v) is 2.75. The number of hydrogen-bond donors (Lipinski definition) is 2. The monoisotopic (exact) mass is 264 g/mol. The Kier molecular flexibility index (Phi) is 3.47. The fourth-order valence-electron chi connectivity index (χ4n) is 1.85. The van der Waals surface area contributed by atoms with Crippen LogP contribution in [0.3, 0.4) is 0 Å². The summed E-state index contributed by atoms with van der Waals surface area (Å²) in [5.74, 6) is -0.157. The van der Waals surface area contributed by atoms with Crippen molar-refractivity contribution in [1.29, 1.82) is 0 Å². The number of aromatic nitrogens is 3. The van der Waals surface area contributed by atoms with Gasteiger partial charge in [-0.2, -0.15) is 5.10 Å². The molecule has 1 amide bonds. The van der Waals surface area contributed by atoms with E-state index in [0.29, 0.717) is 16.4 Å². The highest BCUT2D eigenvalue weighted by atomic mass is 32.1. The molecule has 0 aromatic carbocycles. The number of amides is 1. The molecule has 0 bridgehead atoms. The first-order chi connectivity index (χ1) is 8.52. The number of hydrogen-bond acceptors (Lipinski definition) is 4. The van der Waals surface area contributed by atoms with Gasteiger partial charge in [-0.05, 0) is 27.2 Å². The molecule has 96 valence electrons. The maximum Gasteiger partial charge on any atom is 0.261 e. The number of nitrogens with zero attached hydrogens (tertiary/aromatic N) is 2. The summed E-state index contributed by atoms with van der Waals surface area (Å²) in [6.07, 6.45) is 0.877. The molecule has 18 heavy (non-hydrogen) atoms. The van der Waals surface area contributed by atoms with Crippen molar-refractivity contribution in [3.05, 3.63) is 27.5 Å². The standard InChI is InChI=1S/C12H16N4OS/c1-5-9-8(4)18-12(13-9)14-11(17)10-6(2)15-16-7(10)3/h5H2,1-4H3,(H,15,16)(H,13,14,17). The highest BCUT2D eigenvalue weighted by Crippen LogP contribution is 2.23. The van der Waals surface area contributed by atoms with Crippen LogP contribution in [-0.4, -0.2) is 21.1 Å². The van der Waals surface area contributed by atoms with Crippen molar-refractivity contribution in [3.63, 3.8) is 0 Å². The van der Waals surface area contributed by atoms with Crippen molar-refractivity contribution in [1.82, 2.24) is 15.2 Å². The smallest absolute Gasteiger partial charge is 0.261 e. The summed E-state index contributed by atoms with van der Waals surface area (Å²) >= 11 is 1.50. The van der Waals surface area contributed by atoms with Gasteiger partial charge >= 0.3 is 0 Å². The Morgan fingerprint density at radius 1 is 1.39 bits per heavy atom. The SMILES string of the molecule is CCc1nc(NC(=O)c2c(C)n[nH]c2C)sc1C. The van der Waals surface area contributed by atoms with E-state index in [1.807, 2.05) is 20.8 Å². The quantitative estimate of drug-likeness (QED) is 0.895. The van der Waals surface area contributed by atoms with Gasteiger partial charge in [-0.1, -0.05) is 6.92 Å². The topological polar surface area (TPSA) is 70.7 Å². The minimum Gasteiger partial charge on any atom is -0.298 e. The van der Waals surface area contributed by atoms with Gasteiger partial charge in [0.15, 0.2) is 5.13 Å². The summed E-state index contributed by atoms with van der Waals surface area (Å²) < 4.78 is 0. The highest BCUT2D eigenvalue weighted by molar-refractivity contribution is 7.15. The van der Waals surface area contributed by atoms with Crippen LogP contribution in [0.15, 0.2) is 0 Å². The van der Waals surface area contributed by atoms with Gasteiger partial charge < -0.3 is 0 Å². The summed E-state index contributed by atoms with van der Waals surface area (Å²) in [4.78, 5) is 17.7. The zero-order valence-electron chi connectivity index (χ0n) is 10.9. The lowest BCUT2D eigenvalue weighted by molar-refractivity contribution is 0.102. The second kappa shape index (κ2) is 4.89. The van der Waals surface area contributed by atoms with E-state index >= 15 is 0 Å². The van der Waals surface area contributed by atoms with Gasteiger partial charge in [-0.3, -0.25) is 15.2 Å². The fraction of sp³-hybridized carbons (Fsp3) is 0.417. The molecule has 0 radical (unpaired) electrons. The number of aryl methyl sites for hydroxylation is 4. The number of aromatic amines is 1. The van der Waals surface area contributed by atoms with Gasteiger partial charge in [0.25, 0.3) is 5.91 Å². The summed E-state index contributed by atoms with van der Waals surface area (Å²) in [6, 6.07) is 0. The number of H-pyrrole nitrogens is 1. The molecular formula is C12H16N4OS. The second-order valence-corrected chi connectivity index (χ2v) is 5.34. The van der Waals surface area contributed by atoms with Crippen LogP contribution in [0.2, 0.25) is 0 Å². The third-order valence-electron chi connectivity index (χ3n) is 2.80. The van der Waals surface area contributed by atoms with Crippen molar-refractivity contribution >= 4 is 22.4 Å². The Morgan fingerprint density at radius 2 is 2.11 bits per heavy atom. The van der Waals surface area contributed by atoms with Crippen LogP contribution < -0.4 is 5.32 Å². The first-order valence-corrected chi connectivity index (χ1v) is 6.63. The van der Waals surface area contributed by atoms with E-state index in [0.717, 1.165) is 22.7 Å². The summed E-state index contributed by atoms with van der Waals surface area (Å²) in [5, 5.41) is 10.3. The Hall–Kier alpha value is -1.69. The van der Waals surface area contributed by atoms with E-state index in [1.165, 1.54) is 11.3 Å². The molecular weight excluding hydrogens is 248 g/mol. The first kappa shape index (κ1) is 12.8. The van der Waals surface area contributed by atoms with Crippen LogP contribution in [0.1, 0.15) is 39.2 Å². The molecule has 0 unspecified atom stereocenters. The lowest BCUT2D eigenvalue weighted by Crippen LogP contribution is -2.13. The zero-order valence-corrected chi connectivity index (χ0v) is 11.7. The van der Waals surface area contributed by atoms with Gasteiger partial charge in [0, 0.05) is 10.6 Å². The summed E-state index contributed by atoms with van der Waals surface area (Å²) in [7, 11) is 0. The molecule has 0 spiro atoms. The molecule has 5 nitrogen and oxygen atoms in total. The van der Waals surface area contributed by atoms with E-state index in [4.69, 9.17) is 0 Å². The number of carbonyl (C=O) groups is 1. The lowest BCUT2D eigenvalue weighted by Gasteiger charge is -2.01. The van der Waals surface area contributed by atoms with Crippen molar-refractivity contribution in [3.8, 4) is 0 Å². The van der Waals surface area contributed by atoms with Crippen molar-refractivity contribution in [2.45, 2.75) is 34.1 Å². The molecule has 0 fully saturated rings. The highest BCUT2D eigenvalue weighted by Gasteiger charge is 2.17. The molecule has 0 aliphatic heterocycles. The Labute approximate surface area is 110 Å². The van der Waals surface area contributed by atoms with Gasteiger partial charge in [-0.15, -0.1) is 11.3 Å². The third-order valence-corrected chi connectivity index (χ3v) is 3.73. The molecule has 6 heteroatoms. The van der Waals surface area contributed by atoms with E-state index in [2.05, 4.69) is 27.4 Å². The molecule has 0 aliphatic rings. The van der Waals surface area contributed by atoms with Gasteiger partial charge in [0.05, 0.1) is 17.0 Å². The molecule has 2 N–H and O–H groups in total. The predicted molar refractivity (Wildman–Crippen MR) is 72.2 cm³/mol. The maximum atomic E-state index is 12.1. The summed E-state index contributed by atoms with van der Waals surface area (Å²) in [6.45, 7) is 7.71. The van der Waals surface area contributed by atoms with Gasteiger partial charge in [0.1, 0.15) is 0 Å². The third kappa shape index (κ3) is 2.28. The molecule has 0 atom stereocenters. The molecule has 2 rings (SSSR count). The van der Waals surface area contributed by atoms with Crippen molar-refractivity contribution in [2.24, 2.45) is 0 Å². The molecule has 0 aliphatic carbocycles. The average Bonchev–Trinajstić information content (AvgIpc) is 2.82. The largest absolute Gasteiger partial charge is 0.298 e. The van der Waals surface area contributed by atoms with E-state index in [9.17, 15) is 4.79 Å². The summed E-state index contributed by atoms with van der Waals surface area (Å²) in [5.41, 5.74) is 3.11. The minimum absolute atomic E-state index is 0.157. The van der Waals surface area contributed by atoms with Crippen LogP contribution >= 0.6 is 11.3 Å².